The number of rotatable bonds is 2. The third-order valence-electron chi connectivity index (χ3n) is 1.88. The van der Waals surface area contributed by atoms with Gasteiger partial charge in [-0.25, -0.2) is 14.8 Å². The molecule has 0 aliphatic carbocycles. The molecule has 6 nitrogen and oxygen atoms in total. The summed E-state index contributed by atoms with van der Waals surface area (Å²) in [5.74, 6) is -0.698. The van der Waals surface area contributed by atoms with Gasteiger partial charge in [-0.15, -0.1) is 0 Å². The average molecular weight is 216 g/mol. The molecule has 0 amide bonds. The quantitative estimate of drug-likeness (QED) is 0.803. The van der Waals surface area contributed by atoms with Crippen LogP contribution in [0.4, 0.5) is 0 Å². The lowest BCUT2D eigenvalue weighted by Crippen LogP contribution is -2.04. The summed E-state index contributed by atoms with van der Waals surface area (Å²) in [5, 5.41) is 8.85. The van der Waals surface area contributed by atoms with Crippen molar-refractivity contribution in [3.05, 3.63) is 36.2 Å². The second-order valence-corrected chi connectivity index (χ2v) is 3.08. The Morgan fingerprint density at radius 2 is 2.06 bits per heavy atom. The summed E-state index contributed by atoms with van der Waals surface area (Å²) in [6.07, 6.45) is 4.58. The molecule has 1 N–H and O–H groups in total. The first-order chi connectivity index (χ1) is 7.66. The lowest BCUT2D eigenvalue weighted by molar-refractivity contribution is 0.0690. The third kappa shape index (κ3) is 2.00. The molecule has 0 aliphatic heterocycles. The van der Waals surface area contributed by atoms with Crippen LogP contribution in [0, 0.1) is 6.92 Å². The van der Waals surface area contributed by atoms with Crippen LogP contribution in [0.5, 0.6) is 0 Å². The van der Waals surface area contributed by atoms with Crippen molar-refractivity contribution in [3.8, 4) is 11.4 Å². The molecule has 0 atom stereocenters. The second-order valence-electron chi connectivity index (χ2n) is 3.08. The molecule has 0 aliphatic rings. The summed E-state index contributed by atoms with van der Waals surface area (Å²) in [6.45, 7) is 1.63. The number of hydrogen-bond donors (Lipinski definition) is 1. The fourth-order valence-electron chi connectivity index (χ4n) is 1.24. The highest BCUT2D eigenvalue weighted by atomic mass is 16.4. The van der Waals surface area contributed by atoms with Gasteiger partial charge in [0, 0.05) is 12.4 Å². The largest absolute Gasteiger partial charge is 0.477 e. The van der Waals surface area contributed by atoms with Gasteiger partial charge in [0.25, 0.3) is 0 Å². The molecule has 0 bridgehead atoms. The molecule has 0 spiro atoms. The molecule has 2 aromatic heterocycles. The van der Waals surface area contributed by atoms with E-state index in [2.05, 4.69) is 19.9 Å². The van der Waals surface area contributed by atoms with Crippen molar-refractivity contribution in [2.75, 3.05) is 0 Å². The van der Waals surface area contributed by atoms with E-state index in [9.17, 15) is 4.79 Å². The molecule has 2 aromatic rings. The van der Waals surface area contributed by atoms with Gasteiger partial charge in [-0.1, -0.05) is 0 Å². The van der Waals surface area contributed by atoms with Crippen molar-refractivity contribution in [2.24, 2.45) is 0 Å². The zero-order valence-corrected chi connectivity index (χ0v) is 8.45. The molecule has 80 valence electrons. The predicted molar refractivity (Wildman–Crippen MR) is 54.8 cm³/mol. The van der Waals surface area contributed by atoms with Crippen LogP contribution < -0.4 is 0 Å². The number of carbonyl (C=O) groups is 1. The smallest absolute Gasteiger partial charge is 0.354 e. The van der Waals surface area contributed by atoms with Crippen molar-refractivity contribution < 1.29 is 9.90 Å². The van der Waals surface area contributed by atoms with Crippen molar-refractivity contribution in [3.63, 3.8) is 0 Å². The number of aryl methyl sites for hydroxylation is 1. The van der Waals surface area contributed by atoms with E-state index in [1.54, 1.807) is 6.92 Å². The summed E-state index contributed by atoms with van der Waals surface area (Å²) in [6, 6.07) is 1.37. The molecule has 0 aromatic carbocycles. The van der Waals surface area contributed by atoms with Crippen LogP contribution >= 0.6 is 0 Å². The van der Waals surface area contributed by atoms with E-state index in [1.165, 1.54) is 24.7 Å². The van der Waals surface area contributed by atoms with Crippen LogP contribution in [-0.2, 0) is 0 Å². The number of carboxylic acid groups (broad SMARTS) is 1. The minimum atomic E-state index is -1.09. The van der Waals surface area contributed by atoms with Crippen molar-refractivity contribution in [1.82, 2.24) is 19.9 Å². The summed E-state index contributed by atoms with van der Waals surface area (Å²) in [4.78, 5) is 26.7. The van der Waals surface area contributed by atoms with Crippen molar-refractivity contribution >= 4 is 5.97 Å². The Balaban J connectivity index is 2.54. The number of hydrogen-bond acceptors (Lipinski definition) is 5. The molecule has 0 radical (unpaired) electrons. The van der Waals surface area contributed by atoms with Crippen LogP contribution in [0.25, 0.3) is 11.4 Å². The normalized spacial score (nSPS) is 10.1. The fraction of sp³-hybridized carbons (Fsp3) is 0.100. The van der Waals surface area contributed by atoms with E-state index in [1.807, 2.05) is 0 Å². The average Bonchev–Trinajstić information content (AvgIpc) is 2.29. The van der Waals surface area contributed by atoms with E-state index in [0.29, 0.717) is 17.2 Å². The van der Waals surface area contributed by atoms with Crippen molar-refractivity contribution in [1.29, 1.82) is 0 Å². The minimum absolute atomic E-state index is 0.0480. The summed E-state index contributed by atoms with van der Waals surface area (Å²) in [5.41, 5.74) is 0.932. The zero-order valence-electron chi connectivity index (χ0n) is 8.45. The van der Waals surface area contributed by atoms with Crippen LogP contribution in [0.2, 0.25) is 0 Å². The molecular weight excluding hydrogens is 208 g/mol. The maximum absolute atomic E-state index is 10.8. The Hall–Kier alpha value is -2.37. The molecular formula is C10H8N4O2. The summed E-state index contributed by atoms with van der Waals surface area (Å²) in [7, 11) is 0. The third-order valence-corrected chi connectivity index (χ3v) is 1.88. The molecule has 0 saturated carbocycles. The van der Waals surface area contributed by atoms with Gasteiger partial charge in [0.15, 0.2) is 5.69 Å². The molecule has 0 fully saturated rings. The maximum Gasteiger partial charge on any atom is 0.354 e. The standard InChI is InChI=1S/C10H8N4O2/c1-6-13-7(4-8(14-6)10(15)16)9-5-11-2-3-12-9/h2-5H,1H3,(H,15,16). The monoisotopic (exact) mass is 216 g/mol. The lowest BCUT2D eigenvalue weighted by atomic mass is 10.2. The van der Waals surface area contributed by atoms with Gasteiger partial charge in [-0.2, -0.15) is 0 Å². The number of carboxylic acids is 1. The SMILES string of the molecule is Cc1nc(C(=O)O)cc(-c2cnccn2)n1. The predicted octanol–water partition coefficient (Wildman–Crippen LogP) is 0.940. The molecule has 0 unspecified atom stereocenters. The Morgan fingerprint density at radius 1 is 1.25 bits per heavy atom. The van der Waals surface area contributed by atoms with E-state index in [0.717, 1.165) is 0 Å². The highest BCUT2D eigenvalue weighted by Crippen LogP contribution is 2.13. The first-order valence-electron chi connectivity index (χ1n) is 4.52. The van der Waals surface area contributed by atoms with Gasteiger partial charge in [0.2, 0.25) is 0 Å². The van der Waals surface area contributed by atoms with Gasteiger partial charge in [-0.05, 0) is 13.0 Å². The number of nitrogens with zero attached hydrogens (tertiary/aromatic N) is 4. The van der Waals surface area contributed by atoms with Crippen LogP contribution in [-0.4, -0.2) is 31.0 Å². The molecule has 6 heteroatoms. The highest BCUT2D eigenvalue weighted by molar-refractivity contribution is 5.86. The molecule has 0 saturated heterocycles. The Morgan fingerprint density at radius 3 is 2.69 bits per heavy atom. The minimum Gasteiger partial charge on any atom is -0.477 e. The number of aromatic carboxylic acids is 1. The molecule has 2 heterocycles. The van der Waals surface area contributed by atoms with E-state index in [-0.39, 0.29) is 5.69 Å². The van der Waals surface area contributed by atoms with E-state index in [4.69, 9.17) is 5.11 Å². The van der Waals surface area contributed by atoms with Crippen LogP contribution in [0.1, 0.15) is 16.3 Å². The van der Waals surface area contributed by atoms with Gasteiger partial charge >= 0.3 is 5.97 Å². The second kappa shape index (κ2) is 4.01. The van der Waals surface area contributed by atoms with Crippen molar-refractivity contribution in [2.45, 2.75) is 6.92 Å². The molecule has 16 heavy (non-hydrogen) atoms. The Kier molecular flexibility index (Phi) is 2.55. The first-order valence-corrected chi connectivity index (χ1v) is 4.52. The topological polar surface area (TPSA) is 88.9 Å². The number of aromatic nitrogens is 4. The highest BCUT2D eigenvalue weighted by Gasteiger charge is 2.10. The summed E-state index contributed by atoms with van der Waals surface area (Å²) >= 11 is 0. The van der Waals surface area contributed by atoms with Gasteiger partial charge in [-0.3, -0.25) is 9.97 Å². The first kappa shape index (κ1) is 10.2. The van der Waals surface area contributed by atoms with Gasteiger partial charge in [0.05, 0.1) is 11.9 Å². The van der Waals surface area contributed by atoms with Crippen LogP contribution in [0.15, 0.2) is 24.7 Å². The Labute approximate surface area is 91.1 Å². The van der Waals surface area contributed by atoms with Crippen LogP contribution in [0.3, 0.4) is 0 Å². The Bertz CT molecular complexity index is 528. The van der Waals surface area contributed by atoms with Gasteiger partial charge < -0.3 is 5.11 Å². The lowest BCUT2D eigenvalue weighted by Gasteiger charge is -2.01. The maximum atomic E-state index is 10.8. The van der Waals surface area contributed by atoms with E-state index < -0.39 is 5.97 Å². The van der Waals surface area contributed by atoms with Gasteiger partial charge in [0.1, 0.15) is 11.5 Å². The summed E-state index contributed by atoms with van der Waals surface area (Å²) < 4.78 is 0. The zero-order chi connectivity index (χ0) is 11.5. The van der Waals surface area contributed by atoms with E-state index >= 15 is 0 Å². The fourth-order valence-corrected chi connectivity index (χ4v) is 1.24. The molecule has 2 rings (SSSR count).